The SMILES string of the molecule is COC(C)Oc1nc(=O)[nH]c2ccccc12. The van der Waals surface area contributed by atoms with Crippen molar-refractivity contribution in [1.29, 1.82) is 0 Å². The quantitative estimate of drug-likeness (QED) is 0.792. The molecular weight excluding hydrogens is 208 g/mol. The normalized spacial score (nSPS) is 12.6. The summed E-state index contributed by atoms with van der Waals surface area (Å²) in [5.41, 5.74) is 0.262. The summed E-state index contributed by atoms with van der Waals surface area (Å²) in [6.07, 6.45) is -0.447. The van der Waals surface area contributed by atoms with Crippen molar-refractivity contribution in [3.8, 4) is 5.88 Å². The Morgan fingerprint density at radius 1 is 1.38 bits per heavy atom. The van der Waals surface area contributed by atoms with Crippen molar-refractivity contribution < 1.29 is 9.47 Å². The van der Waals surface area contributed by atoms with Crippen LogP contribution in [-0.2, 0) is 4.74 Å². The van der Waals surface area contributed by atoms with Gasteiger partial charge in [0.05, 0.1) is 10.9 Å². The van der Waals surface area contributed by atoms with Gasteiger partial charge in [0, 0.05) is 7.11 Å². The topological polar surface area (TPSA) is 64.2 Å². The van der Waals surface area contributed by atoms with Crippen molar-refractivity contribution in [3.63, 3.8) is 0 Å². The number of ether oxygens (including phenoxy) is 2. The van der Waals surface area contributed by atoms with E-state index < -0.39 is 12.0 Å². The molecule has 2 rings (SSSR count). The highest BCUT2D eigenvalue weighted by Gasteiger charge is 2.08. The zero-order valence-electron chi connectivity index (χ0n) is 9.06. The van der Waals surface area contributed by atoms with Gasteiger partial charge >= 0.3 is 5.69 Å². The fourth-order valence-electron chi connectivity index (χ4n) is 1.37. The first-order valence-corrected chi connectivity index (χ1v) is 4.89. The lowest BCUT2D eigenvalue weighted by molar-refractivity contribution is -0.0401. The Balaban J connectivity index is 2.54. The molecule has 1 aromatic heterocycles. The van der Waals surface area contributed by atoms with E-state index in [1.807, 2.05) is 18.2 Å². The van der Waals surface area contributed by atoms with Crippen LogP contribution in [0.1, 0.15) is 6.92 Å². The number of nitrogens with one attached hydrogen (secondary N) is 1. The van der Waals surface area contributed by atoms with Crippen molar-refractivity contribution in [2.45, 2.75) is 13.2 Å². The van der Waals surface area contributed by atoms with Crippen LogP contribution in [-0.4, -0.2) is 23.4 Å². The number of nitrogens with zero attached hydrogens (tertiary/aromatic N) is 1. The molecule has 1 N–H and O–H groups in total. The van der Waals surface area contributed by atoms with E-state index in [2.05, 4.69) is 9.97 Å². The Labute approximate surface area is 92.0 Å². The summed E-state index contributed by atoms with van der Waals surface area (Å²) in [6.45, 7) is 1.73. The van der Waals surface area contributed by atoms with Crippen LogP contribution >= 0.6 is 0 Å². The van der Waals surface area contributed by atoms with Crippen LogP contribution in [0.2, 0.25) is 0 Å². The first-order valence-electron chi connectivity index (χ1n) is 4.89. The Kier molecular flexibility index (Phi) is 2.87. The molecule has 0 saturated heterocycles. The van der Waals surface area contributed by atoms with Crippen LogP contribution in [0.5, 0.6) is 5.88 Å². The number of para-hydroxylation sites is 1. The van der Waals surface area contributed by atoms with E-state index in [0.717, 1.165) is 5.39 Å². The van der Waals surface area contributed by atoms with E-state index in [1.165, 1.54) is 7.11 Å². The number of methoxy groups -OCH3 is 1. The molecule has 1 heterocycles. The van der Waals surface area contributed by atoms with E-state index in [4.69, 9.17) is 9.47 Å². The standard InChI is InChI=1S/C11H12N2O3/c1-7(15-2)16-10-8-5-3-4-6-9(8)12-11(14)13-10/h3-7H,1-2H3,(H,12,13,14). The fraction of sp³-hybridized carbons (Fsp3) is 0.273. The molecule has 1 atom stereocenters. The number of benzene rings is 1. The van der Waals surface area contributed by atoms with Crippen LogP contribution in [0.25, 0.3) is 10.9 Å². The first kappa shape index (κ1) is 10.6. The minimum absolute atomic E-state index is 0.286. The highest BCUT2D eigenvalue weighted by molar-refractivity contribution is 5.82. The summed E-state index contributed by atoms with van der Waals surface area (Å²) < 4.78 is 10.4. The fourth-order valence-corrected chi connectivity index (χ4v) is 1.37. The third-order valence-corrected chi connectivity index (χ3v) is 2.21. The maximum atomic E-state index is 11.3. The summed E-state index contributed by atoms with van der Waals surface area (Å²) >= 11 is 0. The van der Waals surface area contributed by atoms with Gasteiger partial charge in [0.25, 0.3) is 0 Å². The first-order chi connectivity index (χ1) is 7.70. The molecule has 0 saturated carbocycles. The summed E-state index contributed by atoms with van der Waals surface area (Å²) in [6, 6.07) is 7.31. The van der Waals surface area contributed by atoms with Crippen LogP contribution in [0.3, 0.4) is 0 Å². The van der Waals surface area contributed by atoms with Gasteiger partial charge in [-0.05, 0) is 19.1 Å². The largest absolute Gasteiger partial charge is 0.447 e. The lowest BCUT2D eigenvalue weighted by Gasteiger charge is -2.12. The van der Waals surface area contributed by atoms with Gasteiger partial charge in [-0.1, -0.05) is 12.1 Å². The number of H-pyrrole nitrogens is 1. The maximum Gasteiger partial charge on any atom is 0.348 e. The summed E-state index contributed by atoms with van der Waals surface area (Å²) in [5, 5.41) is 0.756. The van der Waals surface area contributed by atoms with Crippen molar-refractivity contribution in [2.75, 3.05) is 7.11 Å². The van der Waals surface area contributed by atoms with Crippen LogP contribution < -0.4 is 10.4 Å². The number of hydrogen-bond donors (Lipinski definition) is 1. The minimum atomic E-state index is -0.447. The third-order valence-electron chi connectivity index (χ3n) is 2.21. The monoisotopic (exact) mass is 220 g/mol. The van der Waals surface area contributed by atoms with Gasteiger partial charge in [0.1, 0.15) is 0 Å². The third kappa shape index (κ3) is 2.04. The molecule has 1 unspecified atom stereocenters. The molecule has 5 nitrogen and oxygen atoms in total. The molecule has 0 aliphatic rings. The summed E-state index contributed by atoms with van der Waals surface area (Å²) in [5.74, 6) is 0.286. The van der Waals surface area contributed by atoms with Crippen molar-refractivity contribution >= 4 is 10.9 Å². The zero-order chi connectivity index (χ0) is 11.5. The smallest absolute Gasteiger partial charge is 0.348 e. The van der Waals surface area contributed by atoms with Gasteiger partial charge in [-0.2, -0.15) is 4.98 Å². The van der Waals surface area contributed by atoms with E-state index in [1.54, 1.807) is 13.0 Å². The molecule has 0 bridgehead atoms. The number of rotatable bonds is 3. The predicted octanol–water partition coefficient (Wildman–Crippen LogP) is 1.29. The molecule has 0 radical (unpaired) electrons. The number of aromatic nitrogens is 2. The molecule has 0 fully saturated rings. The average Bonchev–Trinajstić information content (AvgIpc) is 2.28. The van der Waals surface area contributed by atoms with Crippen molar-refractivity contribution in [1.82, 2.24) is 9.97 Å². The van der Waals surface area contributed by atoms with Gasteiger partial charge in [-0.15, -0.1) is 0 Å². The molecule has 0 spiro atoms. The second-order valence-corrected chi connectivity index (χ2v) is 3.31. The number of hydrogen-bond acceptors (Lipinski definition) is 4. The second-order valence-electron chi connectivity index (χ2n) is 3.31. The van der Waals surface area contributed by atoms with Crippen molar-refractivity contribution in [3.05, 3.63) is 34.7 Å². The van der Waals surface area contributed by atoms with E-state index >= 15 is 0 Å². The average molecular weight is 220 g/mol. The van der Waals surface area contributed by atoms with E-state index in [0.29, 0.717) is 5.52 Å². The number of aromatic amines is 1. The Hall–Kier alpha value is -1.88. The summed E-state index contributed by atoms with van der Waals surface area (Å²) in [7, 11) is 1.53. The number of fused-ring (bicyclic) bond motifs is 1. The molecule has 5 heteroatoms. The zero-order valence-corrected chi connectivity index (χ0v) is 9.06. The Morgan fingerprint density at radius 3 is 2.88 bits per heavy atom. The van der Waals surface area contributed by atoms with Crippen LogP contribution in [0.15, 0.2) is 29.1 Å². The van der Waals surface area contributed by atoms with Crippen molar-refractivity contribution in [2.24, 2.45) is 0 Å². The summed E-state index contributed by atoms with van der Waals surface area (Å²) in [4.78, 5) is 17.7. The van der Waals surface area contributed by atoms with Crippen LogP contribution in [0.4, 0.5) is 0 Å². The second kappa shape index (κ2) is 4.32. The predicted molar refractivity (Wildman–Crippen MR) is 59.5 cm³/mol. The molecule has 1 aromatic carbocycles. The van der Waals surface area contributed by atoms with Gasteiger partial charge in [-0.25, -0.2) is 4.79 Å². The lowest BCUT2D eigenvalue weighted by Crippen LogP contribution is -2.18. The molecule has 16 heavy (non-hydrogen) atoms. The van der Waals surface area contributed by atoms with Gasteiger partial charge in [0.2, 0.25) is 5.88 Å². The molecule has 0 amide bonds. The molecule has 0 aliphatic carbocycles. The Morgan fingerprint density at radius 2 is 2.12 bits per heavy atom. The van der Waals surface area contributed by atoms with Gasteiger partial charge < -0.3 is 14.5 Å². The lowest BCUT2D eigenvalue weighted by atomic mass is 10.2. The van der Waals surface area contributed by atoms with E-state index in [9.17, 15) is 4.79 Å². The van der Waals surface area contributed by atoms with Gasteiger partial charge in [-0.3, -0.25) is 0 Å². The Bertz CT molecular complexity index is 550. The highest BCUT2D eigenvalue weighted by Crippen LogP contribution is 2.20. The molecule has 0 aliphatic heterocycles. The highest BCUT2D eigenvalue weighted by atomic mass is 16.7. The van der Waals surface area contributed by atoms with E-state index in [-0.39, 0.29) is 5.88 Å². The molecular formula is C11H12N2O3. The molecule has 84 valence electrons. The van der Waals surface area contributed by atoms with Crippen LogP contribution in [0, 0.1) is 0 Å². The minimum Gasteiger partial charge on any atom is -0.447 e. The van der Waals surface area contributed by atoms with Gasteiger partial charge in [0.15, 0.2) is 6.29 Å². The molecule has 2 aromatic rings. The maximum absolute atomic E-state index is 11.3.